The maximum Gasteiger partial charge on any atom is 0.253 e. The zero-order chi connectivity index (χ0) is 13.5. The van der Waals surface area contributed by atoms with Crippen LogP contribution in [0.25, 0.3) is 0 Å². The molecule has 4 N–H and O–H groups in total. The smallest absolute Gasteiger partial charge is 0.253 e. The topological polar surface area (TPSA) is 97.1 Å². The number of nitrogens with zero attached hydrogens (tertiary/aromatic N) is 1. The summed E-state index contributed by atoms with van der Waals surface area (Å²) in [5.74, 6) is -0.389. The van der Waals surface area contributed by atoms with Gasteiger partial charge in [0.1, 0.15) is 0 Å². The van der Waals surface area contributed by atoms with Crippen molar-refractivity contribution in [3.8, 4) is 0 Å². The lowest BCUT2D eigenvalue weighted by molar-refractivity contribution is -0.121. The Labute approximate surface area is 106 Å². The van der Waals surface area contributed by atoms with Gasteiger partial charge >= 0.3 is 0 Å². The van der Waals surface area contributed by atoms with E-state index in [4.69, 9.17) is 5.73 Å². The Kier molecular flexibility index (Phi) is 5.10. The summed E-state index contributed by atoms with van der Waals surface area (Å²) in [6.07, 6.45) is 3.16. The molecule has 0 aliphatic rings. The van der Waals surface area contributed by atoms with E-state index in [1.807, 2.05) is 13.8 Å². The largest absolute Gasteiger partial charge is 0.397 e. The maximum absolute atomic E-state index is 11.7. The molecule has 6 nitrogen and oxygen atoms in total. The number of hydrogen-bond acceptors (Lipinski definition) is 4. The highest BCUT2D eigenvalue weighted by Gasteiger charge is 2.09. The van der Waals surface area contributed by atoms with Crippen LogP contribution in [0.15, 0.2) is 18.5 Å². The molecule has 1 heterocycles. The number of nitrogens with two attached hydrogens (primary N) is 1. The van der Waals surface area contributed by atoms with Gasteiger partial charge in [-0.15, -0.1) is 0 Å². The highest BCUT2D eigenvalue weighted by atomic mass is 16.2. The van der Waals surface area contributed by atoms with Crippen LogP contribution in [0.1, 0.15) is 30.6 Å². The number of pyridine rings is 1. The third-order valence-corrected chi connectivity index (χ3v) is 2.18. The Hall–Kier alpha value is -2.11. The van der Waals surface area contributed by atoms with Crippen molar-refractivity contribution in [2.75, 3.05) is 12.3 Å². The Morgan fingerprint density at radius 3 is 2.78 bits per heavy atom. The predicted octanol–water partition coefficient (Wildman–Crippen LogP) is 0.308. The lowest BCUT2D eigenvalue weighted by Gasteiger charge is -2.09. The van der Waals surface area contributed by atoms with E-state index in [1.165, 1.54) is 12.4 Å². The minimum atomic E-state index is -0.299. The second-order valence-electron chi connectivity index (χ2n) is 4.19. The standard InChI is InChI=1S/C12H18N4O2/c1-8(2)16-11(17)4-6-15-12(18)9-3-5-14-7-10(9)13/h3,5,7-8H,4,6,13H2,1-2H3,(H,15,18)(H,16,17). The normalized spacial score (nSPS) is 10.2. The van der Waals surface area contributed by atoms with Crippen LogP contribution < -0.4 is 16.4 Å². The van der Waals surface area contributed by atoms with Gasteiger partial charge in [0.15, 0.2) is 0 Å². The number of amides is 2. The molecule has 0 aliphatic heterocycles. The van der Waals surface area contributed by atoms with Crippen molar-refractivity contribution in [3.05, 3.63) is 24.0 Å². The van der Waals surface area contributed by atoms with Crippen LogP contribution in [0.2, 0.25) is 0 Å². The van der Waals surface area contributed by atoms with E-state index in [-0.39, 0.29) is 30.8 Å². The van der Waals surface area contributed by atoms with Crippen LogP contribution in [-0.2, 0) is 4.79 Å². The number of rotatable bonds is 5. The van der Waals surface area contributed by atoms with Crippen LogP contribution in [0.4, 0.5) is 5.69 Å². The Morgan fingerprint density at radius 1 is 1.44 bits per heavy atom. The van der Waals surface area contributed by atoms with Crippen molar-refractivity contribution in [2.45, 2.75) is 26.3 Å². The molecule has 1 aromatic rings. The summed E-state index contributed by atoms with van der Waals surface area (Å²) in [6.45, 7) is 4.04. The maximum atomic E-state index is 11.7. The molecular weight excluding hydrogens is 232 g/mol. The molecule has 0 fully saturated rings. The zero-order valence-electron chi connectivity index (χ0n) is 10.6. The summed E-state index contributed by atoms with van der Waals surface area (Å²) >= 11 is 0. The van der Waals surface area contributed by atoms with Gasteiger partial charge in [0, 0.05) is 25.2 Å². The second kappa shape index (κ2) is 6.58. The first-order valence-electron chi connectivity index (χ1n) is 5.77. The highest BCUT2D eigenvalue weighted by Crippen LogP contribution is 2.07. The molecule has 0 aliphatic carbocycles. The average molecular weight is 250 g/mol. The van der Waals surface area contributed by atoms with Crippen LogP contribution in [0.5, 0.6) is 0 Å². The zero-order valence-corrected chi connectivity index (χ0v) is 10.6. The summed E-state index contributed by atoms with van der Waals surface area (Å²) in [5.41, 5.74) is 6.31. The molecule has 0 atom stereocenters. The van der Waals surface area contributed by atoms with Gasteiger partial charge in [-0.1, -0.05) is 0 Å². The van der Waals surface area contributed by atoms with Crippen LogP contribution in [-0.4, -0.2) is 29.4 Å². The van der Waals surface area contributed by atoms with Crippen LogP contribution in [0.3, 0.4) is 0 Å². The lowest BCUT2D eigenvalue weighted by atomic mass is 10.2. The highest BCUT2D eigenvalue weighted by molar-refractivity contribution is 5.98. The second-order valence-corrected chi connectivity index (χ2v) is 4.19. The average Bonchev–Trinajstić information content (AvgIpc) is 2.28. The third-order valence-electron chi connectivity index (χ3n) is 2.18. The predicted molar refractivity (Wildman–Crippen MR) is 68.9 cm³/mol. The summed E-state index contributed by atoms with van der Waals surface area (Å²) in [5, 5.41) is 5.38. The van der Waals surface area contributed by atoms with Gasteiger partial charge in [-0.25, -0.2) is 0 Å². The monoisotopic (exact) mass is 250 g/mol. The van der Waals surface area contributed by atoms with Gasteiger partial charge in [0.2, 0.25) is 5.91 Å². The quantitative estimate of drug-likeness (QED) is 0.700. The Morgan fingerprint density at radius 2 is 2.17 bits per heavy atom. The van der Waals surface area contributed by atoms with E-state index in [1.54, 1.807) is 6.07 Å². The summed E-state index contributed by atoms with van der Waals surface area (Å²) in [4.78, 5) is 26.9. The molecule has 18 heavy (non-hydrogen) atoms. The molecule has 1 aromatic heterocycles. The molecule has 1 rings (SSSR count). The third kappa shape index (κ3) is 4.40. The van der Waals surface area contributed by atoms with E-state index in [2.05, 4.69) is 15.6 Å². The van der Waals surface area contributed by atoms with Crippen molar-refractivity contribution in [1.82, 2.24) is 15.6 Å². The molecule has 0 radical (unpaired) electrons. The SMILES string of the molecule is CC(C)NC(=O)CCNC(=O)c1ccncc1N. The molecule has 0 unspecified atom stereocenters. The fourth-order valence-electron chi connectivity index (χ4n) is 1.39. The Bertz CT molecular complexity index is 432. The number of hydrogen-bond donors (Lipinski definition) is 3. The lowest BCUT2D eigenvalue weighted by Crippen LogP contribution is -2.34. The van der Waals surface area contributed by atoms with Gasteiger partial charge in [0.05, 0.1) is 17.4 Å². The van der Waals surface area contributed by atoms with Crippen molar-refractivity contribution >= 4 is 17.5 Å². The van der Waals surface area contributed by atoms with Gasteiger partial charge in [-0.2, -0.15) is 0 Å². The minimum absolute atomic E-state index is 0.0898. The van der Waals surface area contributed by atoms with E-state index in [9.17, 15) is 9.59 Å². The van der Waals surface area contributed by atoms with E-state index in [0.29, 0.717) is 11.3 Å². The van der Waals surface area contributed by atoms with E-state index in [0.717, 1.165) is 0 Å². The molecule has 0 bridgehead atoms. The summed E-state index contributed by atoms with van der Waals surface area (Å²) in [6, 6.07) is 1.64. The van der Waals surface area contributed by atoms with Crippen LogP contribution in [0, 0.1) is 0 Å². The first kappa shape index (κ1) is 14.0. The fraction of sp³-hybridized carbons (Fsp3) is 0.417. The first-order valence-corrected chi connectivity index (χ1v) is 5.77. The fourth-order valence-corrected chi connectivity index (χ4v) is 1.39. The van der Waals surface area contributed by atoms with E-state index < -0.39 is 0 Å². The summed E-state index contributed by atoms with van der Waals surface area (Å²) < 4.78 is 0. The molecule has 0 saturated carbocycles. The van der Waals surface area contributed by atoms with Crippen molar-refractivity contribution < 1.29 is 9.59 Å². The number of carbonyl (C=O) groups excluding carboxylic acids is 2. The summed E-state index contributed by atoms with van der Waals surface area (Å²) in [7, 11) is 0. The molecule has 2 amide bonds. The number of carbonyl (C=O) groups is 2. The van der Waals surface area contributed by atoms with Gasteiger partial charge in [0.25, 0.3) is 5.91 Å². The molecule has 98 valence electrons. The Balaban J connectivity index is 2.39. The molecular formula is C12H18N4O2. The number of nitrogen functional groups attached to an aromatic ring is 1. The first-order chi connectivity index (χ1) is 8.50. The molecule has 0 aromatic carbocycles. The molecule has 0 saturated heterocycles. The number of anilines is 1. The van der Waals surface area contributed by atoms with Crippen LogP contribution >= 0.6 is 0 Å². The number of nitrogens with one attached hydrogen (secondary N) is 2. The van der Waals surface area contributed by atoms with Gasteiger partial charge < -0.3 is 16.4 Å². The van der Waals surface area contributed by atoms with Gasteiger partial charge in [-0.3, -0.25) is 14.6 Å². The van der Waals surface area contributed by atoms with Crippen molar-refractivity contribution in [2.24, 2.45) is 0 Å². The van der Waals surface area contributed by atoms with Crippen molar-refractivity contribution in [1.29, 1.82) is 0 Å². The number of aromatic nitrogens is 1. The molecule has 0 spiro atoms. The van der Waals surface area contributed by atoms with E-state index >= 15 is 0 Å². The van der Waals surface area contributed by atoms with Gasteiger partial charge in [-0.05, 0) is 19.9 Å². The minimum Gasteiger partial charge on any atom is -0.397 e. The molecule has 6 heteroatoms. The van der Waals surface area contributed by atoms with Crippen molar-refractivity contribution in [3.63, 3.8) is 0 Å².